The molecule has 0 unspecified atom stereocenters. The highest BCUT2D eigenvalue weighted by atomic mass is 19.1. The molecule has 1 heterocycles. The molecule has 43 heavy (non-hydrogen) atoms. The van der Waals surface area contributed by atoms with Gasteiger partial charge in [-0.2, -0.15) is 0 Å². The number of hydrogen-bond acceptors (Lipinski definition) is 4. The molecule has 4 amide bonds. The van der Waals surface area contributed by atoms with Crippen LogP contribution in [-0.4, -0.2) is 48.9 Å². The number of benzene rings is 4. The van der Waals surface area contributed by atoms with Crippen molar-refractivity contribution >= 4 is 34.9 Å². The Labute approximate surface area is 248 Å². The highest BCUT2D eigenvalue weighted by Gasteiger charge is 2.25. The highest BCUT2D eigenvalue weighted by Crippen LogP contribution is 2.27. The van der Waals surface area contributed by atoms with Gasteiger partial charge < -0.3 is 25.8 Å². The Balaban J connectivity index is 1.32. The van der Waals surface area contributed by atoms with E-state index in [0.717, 1.165) is 11.1 Å². The first-order valence-electron chi connectivity index (χ1n) is 13.9. The Kier molecular flexibility index (Phi) is 8.95. The van der Waals surface area contributed by atoms with E-state index in [1.165, 1.54) is 24.3 Å². The minimum atomic E-state index is -0.514. The second-order valence-corrected chi connectivity index (χ2v) is 10.2. The number of aryl methyl sites for hydroxylation is 1. The van der Waals surface area contributed by atoms with Gasteiger partial charge >= 0.3 is 6.03 Å². The molecule has 3 N–H and O–H groups in total. The number of rotatable bonds is 7. The molecular formula is C33H31F2N5O3. The van der Waals surface area contributed by atoms with Gasteiger partial charge in [0.2, 0.25) is 0 Å². The van der Waals surface area contributed by atoms with Crippen molar-refractivity contribution in [3.63, 3.8) is 0 Å². The van der Waals surface area contributed by atoms with Crippen molar-refractivity contribution in [2.75, 3.05) is 41.7 Å². The van der Waals surface area contributed by atoms with Gasteiger partial charge in [-0.15, -0.1) is 0 Å². The Morgan fingerprint density at radius 2 is 1.47 bits per heavy atom. The summed E-state index contributed by atoms with van der Waals surface area (Å²) in [6.45, 7) is 3.68. The van der Waals surface area contributed by atoms with E-state index in [1.54, 1.807) is 59.5 Å². The molecule has 1 aliphatic heterocycles. The molecule has 0 bridgehead atoms. The van der Waals surface area contributed by atoms with Gasteiger partial charge in [0.15, 0.2) is 0 Å². The molecule has 4 aromatic carbocycles. The molecule has 1 aliphatic rings. The van der Waals surface area contributed by atoms with Gasteiger partial charge in [0.1, 0.15) is 11.6 Å². The van der Waals surface area contributed by atoms with Crippen LogP contribution in [0, 0.1) is 18.6 Å². The maximum Gasteiger partial charge on any atom is 0.322 e. The fraction of sp³-hybridized carbons (Fsp3) is 0.182. The zero-order valence-electron chi connectivity index (χ0n) is 23.6. The Morgan fingerprint density at radius 3 is 2.16 bits per heavy atom. The summed E-state index contributed by atoms with van der Waals surface area (Å²) in [5.41, 5.74) is 3.79. The smallest absolute Gasteiger partial charge is 0.322 e. The van der Waals surface area contributed by atoms with E-state index in [0.29, 0.717) is 48.7 Å². The maximum absolute atomic E-state index is 14.0. The minimum absolute atomic E-state index is 0.110. The van der Waals surface area contributed by atoms with E-state index in [1.807, 2.05) is 24.0 Å². The lowest BCUT2D eigenvalue weighted by atomic mass is 10.1. The van der Waals surface area contributed by atoms with Crippen LogP contribution < -0.4 is 20.9 Å². The van der Waals surface area contributed by atoms with Crippen LogP contribution in [0.1, 0.15) is 31.8 Å². The number of carbonyl (C=O) groups is 3. The minimum Gasteiger partial charge on any atom is -0.367 e. The van der Waals surface area contributed by atoms with Crippen molar-refractivity contribution in [1.29, 1.82) is 0 Å². The third-order valence-corrected chi connectivity index (χ3v) is 7.20. The number of anilines is 3. The van der Waals surface area contributed by atoms with Crippen LogP contribution in [0.2, 0.25) is 0 Å². The first kappa shape index (κ1) is 29.2. The molecule has 10 heteroatoms. The van der Waals surface area contributed by atoms with Crippen molar-refractivity contribution in [3.8, 4) is 0 Å². The van der Waals surface area contributed by atoms with Crippen LogP contribution in [0.3, 0.4) is 0 Å². The van der Waals surface area contributed by atoms with Crippen molar-refractivity contribution in [3.05, 3.63) is 125 Å². The van der Waals surface area contributed by atoms with Gasteiger partial charge in [-0.1, -0.05) is 42.0 Å². The van der Waals surface area contributed by atoms with E-state index in [9.17, 15) is 23.2 Å². The van der Waals surface area contributed by atoms with E-state index < -0.39 is 11.8 Å². The molecule has 0 atom stereocenters. The molecule has 0 spiro atoms. The molecule has 1 saturated heterocycles. The molecule has 0 aromatic heterocycles. The maximum atomic E-state index is 14.0. The Morgan fingerprint density at radius 1 is 0.767 bits per heavy atom. The third-order valence-electron chi connectivity index (χ3n) is 7.20. The highest BCUT2D eigenvalue weighted by molar-refractivity contribution is 6.06. The number of urea groups is 1. The average Bonchev–Trinajstić information content (AvgIpc) is 3.02. The SMILES string of the molecule is Cc1ccc(C(=O)Nc2ccc(N3CCN(C(=O)Nc4ccccc4F)CC3)c(C(=O)NCc3ccc(F)cc3)c2)cc1. The molecule has 0 saturated carbocycles. The van der Waals surface area contributed by atoms with Crippen LogP contribution >= 0.6 is 0 Å². The molecule has 0 aliphatic carbocycles. The Hall–Kier alpha value is -5.25. The zero-order chi connectivity index (χ0) is 30.3. The van der Waals surface area contributed by atoms with Gasteiger partial charge in [-0.3, -0.25) is 9.59 Å². The predicted octanol–water partition coefficient (Wildman–Crippen LogP) is 5.81. The first-order valence-corrected chi connectivity index (χ1v) is 13.9. The van der Waals surface area contributed by atoms with Crippen LogP contribution in [0.15, 0.2) is 91.0 Å². The first-order chi connectivity index (χ1) is 20.8. The fourth-order valence-electron chi connectivity index (χ4n) is 4.77. The molecular weight excluding hydrogens is 552 g/mol. The molecule has 5 rings (SSSR count). The van der Waals surface area contributed by atoms with Gasteiger partial charge in [0, 0.05) is 49.7 Å². The second-order valence-electron chi connectivity index (χ2n) is 10.2. The van der Waals surface area contributed by atoms with Crippen molar-refractivity contribution in [2.24, 2.45) is 0 Å². The monoisotopic (exact) mass is 583 g/mol. The second kappa shape index (κ2) is 13.2. The summed E-state index contributed by atoms with van der Waals surface area (Å²) in [6.07, 6.45) is 0. The number of amides is 4. The van der Waals surface area contributed by atoms with Gasteiger partial charge in [-0.25, -0.2) is 13.6 Å². The molecule has 0 radical (unpaired) electrons. The molecule has 220 valence electrons. The number of nitrogens with zero attached hydrogens (tertiary/aromatic N) is 2. The zero-order valence-corrected chi connectivity index (χ0v) is 23.6. The van der Waals surface area contributed by atoms with Crippen molar-refractivity contribution in [2.45, 2.75) is 13.5 Å². The number of nitrogens with one attached hydrogen (secondary N) is 3. The lowest BCUT2D eigenvalue weighted by Crippen LogP contribution is -2.50. The van der Waals surface area contributed by atoms with Crippen LogP contribution in [0.5, 0.6) is 0 Å². The average molecular weight is 584 g/mol. The summed E-state index contributed by atoms with van der Waals surface area (Å²) in [7, 11) is 0. The number of halogens is 2. The van der Waals surface area contributed by atoms with Crippen molar-refractivity contribution < 1.29 is 23.2 Å². The van der Waals surface area contributed by atoms with Crippen molar-refractivity contribution in [1.82, 2.24) is 10.2 Å². The topological polar surface area (TPSA) is 93.8 Å². The molecule has 1 fully saturated rings. The lowest BCUT2D eigenvalue weighted by Gasteiger charge is -2.37. The van der Waals surface area contributed by atoms with Crippen LogP contribution in [0.25, 0.3) is 0 Å². The summed E-state index contributed by atoms with van der Waals surface area (Å²) in [5.74, 6) is -1.55. The number of carbonyl (C=O) groups excluding carboxylic acids is 3. The summed E-state index contributed by atoms with van der Waals surface area (Å²) < 4.78 is 27.3. The van der Waals surface area contributed by atoms with E-state index in [4.69, 9.17) is 0 Å². The summed E-state index contributed by atoms with van der Waals surface area (Å²) >= 11 is 0. The normalized spacial score (nSPS) is 12.9. The summed E-state index contributed by atoms with van der Waals surface area (Å²) in [5, 5.41) is 8.35. The lowest BCUT2D eigenvalue weighted by molar-refractivity contribution is 0.0949. The quantitative estimate of drug-likeness (QED) is 0.256. The van der Waals surface area contributed by atoms with Crippen LogP contribution in [0.4, 0.5) is 30.6 Å². The Bertz CT molecular complexity index is 1620. The standard InChI is InChI=1S/C33H31F2N5O3/c1-22-6-10-24(11-7-22)31(41)37-26-14-15-30(27(20-26)32(42)36-21-23-8-12-25(34)13-9-23)39-16-18-40(19-17-39)33(43)38-29-5-3-2-4-28(29)35/h2-15,20H,16-19,21H2,1H3,(H,36,42)(H,37,41)(H,38,43). The van der Waals surface area contributed by atoms with E-state index in [2.05, 4.69) is 16.0 Å². The van der Waals surface area contributed by atoms with Gasteiger partial charge in [0.05, 0.1) is 11.3 Å². The number of para-hydroxylation sites is 1. The van der Waals surface area contributed by atoms with E-state index in [-0.39, 0.29) is 29.9 Å². The summed E-state index contributed by atoms with van der Waals surface area (Å²) in [6, 6.07) is 23.7. The van der Waals surface area contributed by atoms with E-state index >= 15 is 0 Å². The van der Waals surface area contributed by atoms with Crippen LogP contribution in [-0.2, 0) is 6.54 Å². The molecule has 8 nitrogen and oxygen atoms in total. The molecule has 4 aromatic rings. The number of piperazine rings is 1. The summed E-state index contributed by atoms with van der Waals surface area (Å²) in [4.78, 5) is 42.7. The fourth-order valence-corrected chi connectivity index (χ4v) is 4.77. The van der Waals surface area contributed by atoms with Gasteiger partial charge in [-0.05, 0) is 67.1 Å². The third kappa shape index (κ3) is 7.34. The largest absolute Gasteiger partial charge is 0.367 e. The van der Waals surface area contributed by atoms with Gasteiger partial charge in [0.25, 0.3) is 11.8 Å². The number of hydrogen-bond donors (Lipinski definition) is 3. The predicted molar refractivity (Wildman–Crippen MR) is 162 cm³/mol.